The van der Waals surface area contributed by atoms with Crippen molar-refractivity contribution < 1.29 is 19.1 Å². The molecule has 9 heteroatoms. The summed E-state index contributed by atoms with van der Waals surface area (Å²) in [6.07, 6.45) is 9.79. The van der Waals surface area contributed by atoms with Crippen LogP contribution in [0.15, 0.2) is 24.4 Å². The summed E-state index contributed by atoms with van der Waals surface area (Å²) in [6.45, 7) is 3.23. The normalized spacial score (nSPS) is 16.5. The zero-order chi connectivity index (χ0) is 22.3. The molecular weight excluding hydrogens is 410 g/mol. The van der Waals surface area contributed by atoms with Gasteiger partial charge in [0.25, 0.3) is 11.8 Å². The molecule has 0 spiro atoms. The lowest BCUT2D eigenvalue weighted by Gasteiger charge is -2.22. The van der Waals surface area contributed by atoms with Gasteiger partial charge in [0, 0.05) is 18.2 Å². The van der Waals surface area contributed by atoms with E-state index >= 15 is 0 Å². The molecule has 2 aliphatic rings. The lowest BCUT2D eigenvalue weighted by Crippen LogP contribution is -2.25. The van der Waals surface area contributed by atoms with Gasteiger partial charge in [0.1, 0.15) is 18.0 Å². The molecule has 2 aliphatic carbocycles. The van der Waals surface area contributed by atoms with E-state index in [-0.39, 0.29) is 23.6 Å². The Balaban J connectivity index is 1.46. The van der Waals surface area contributed by atoms with Crippen LogP contribution in [0.25, 0.3) is 5.69 Å². The molecule has 2 N–H and O–H groups in total. The molecule has 172 valence electrons. The number of aromatic nitrogens is 3. The zero-order valence-corrected chi connectivity index (χ0v) is 18.5. The first-order valence-corrected chi connectivity index (χ1v) is 11.5. The Kier molecular flexibility index (Phi) is 7.36. The summed E-state index contributed by atoms with van der Waals surface area (Å²) < 4.78 is 13.5. The van der Waals surface area contributed by atoms with Gasteiger partial charge in [-0.1, -0.05) is 24.5 Å². The van der Waals surface area contributed by atoms with Crippen LogP contribution in [0.5, 0.6) is 5.75 Å². The summed E-state index contributed by atoms with van der Waals surface area (Å²) >= 11 is 0. The molecule has 2 saturated carbocycles. The zero-order valence-electron chi connectivity index (χ0n) is 18.5. The minimum atomic E-state index is -0.235. The van der Waals surface area contributed by atoms with Crippen molar-refractivity contribution in [2.24, 2.45) is 0 Å². The van der Waals surface area contributed by atoms with Crippen LogP contribution >= 0.6 is 0 Å². The van der Waals surface area contributed by atoms with E-state index in [4.69, 9.17) is 9.47 Å². The Morgan fingerprint density at radius 2 is 1.91 bits per heavy atom. The maximum atomic E-state index is 12.3. The number of carbonyl (C=O) groups is 2. The van der Waals surface area contributed by atoms with Crippen molar-refractivity contribution in [2.45, 2.75) is 64.0 Å². The summed E-state index contributed by atoms with van der Waals surface area (Å²) in [5, 5.41) is 13.8. The van der Waals surface area contributed by atoms with E-state index in [0.717, 1.165) is 25.7 Å². The monoisotopic (exact) mass is 441 g/mol. The summed E-state index contributed by atoms with van der Waals surface area (Å²) in [7, 11) is 0. The molecule has 32 heavy (non-hydrogen) atoms. The molecule has 0 unspecified atom stereocenters. The van der Waals surface area contributed by atoms with Crippen LogP contribution in [-0.4, -0.2) is 58.7 Å². The van der Waals surface area contributed by atoms with Gasteiger partial charge >= 0.3 is 0 Å². The number of nitrogens with zero attached hydrogens (tertiary/aromatic N) is 3. The highest BCUT2D eigenvalue weighted by molar-refractivity contribution is 5.95. The highest BCUT2D eigenvalue weighted by Crippen LogP contribution is 2.25. The van der Waals surface area contributed by atoms with Crippen molar-refractivity contribution in [3.8, 4) is 11.4 Å². The van der Waals surface area contributed by atoms with E-state index < -0.39 is 0 Å². The van der Waals surface area contributed by atoms with Crippen LogP contribution in [0.2, 0.25) is 0 Å². The van der Waals surface area contributed by atoms with Gasteiger partial charge in [0.05, 0.1) is 18.9 Å². The minimum Gasteiger partial charge on any atom is -0.489 e. The summed E-state index contributed by atoms with van der Waals surface area (Å²) in [4.78, 5) is 24.6. The summed E-state index contributed by atoms with van der Waals surface area (Å²) in [6, 6.07) is 5.38. The van der Waals surface area contributed by atoms with Gasteiger partial charge in [-0.2, -0.15) is 0 Å². The third kappa shape index (κ3) is 5.85. The number of amides is 2. The standard InChI is InChI=1S/C23H31N5O4/c1-2-24-22(29)16-8-11-20(28-15-19(26-27-28)23(30)25-17-9-10-17)21(14-16)32-13-12-31-18-6-4-3-5-7-18/h8,11,14-15,17-18H,2-7,9-10,12-13H2,1H3,(H,24,29)(H,25,30). The molecule has 1 aromatic carbocycles. The maximum Gasteiger partial charge on any atom is 0.273 e. The number of ether oxygens (including phenoxy) is 2. The molecule has 4 rings (SSSR count). The third-order valence-electron chi connectivity index (χ3n) is 5.69. The van der Waals surface area contributed by atoms with Crippen LogP contribution in [0, 0.1) is 0 Å². The average Bonchev–Trinajstić information content (AvgIpc) is 3.49. The Bertz CT molecular complexity index is 934. The van der Waals surface area contributed by atoms with Crippen molar-refractivity contribution in [3.63, 3.8) is 0 Å². The molecule has 9 nitrogen and oxygen atoms in total. The van der Waals surface area contributed by atoms with Gasteiger partial charge in [-0.05, 0) is 50.8 Å². The molecule has 1 heterocycles. The topological polar surface area (TPSA) is 107 Å². The molecule has 0 radical (unpaired) electrons. The Morgan fingerprint density at radius 1 is 1.09 bits per heavy atom. The largest absolute Gasteiger partial charge is 0.489 e. The third-order valence-corrected chi connectivity index (χ3v) is 5.69. The Hall–Kier alpha value is -2.94. The van der Waals surface area contributed by atoms with Crippen LogP contribution in [-0.2, 0) is 4.74 Å². The second-order valence-corrected chi connectivity index (χ2v) is 8.32. The van der Waals surface area contributed by atoms with E-state index in [2.05, 4.69) is 20.9 Å². The van der Waals surface area contributed by atoms with E-state index in [0.29, 0.717) is 42.9 Å². The lowest BCUT2D eigenvalue weighted by molar-refractivity contribution is 0.0129. The second kappa shape index (κ2) is 10.6. The van der Waals surface area contributed by atoms with Gasteiger partial charge in [-0.15, -0.1) is 5.10 Å². The van der Waals surface area contributed by atoms with Crippen LogP contribution < -0.4 is 15.4 Å². The average molecular weight is 442 g/mol. The quantitative estimate of drug-likeness (QED) is 0.549. The van der Waals surface area contributed by atoms with E-state index in [1.54, 1.807) is 24.4 Å². The van der Waals surface area contributed by atoms with E-state index in [1.807, 2.05) is 6.92 Å². The molecule has 0 bridgehead atoms. The lowest BCUT2D eigenvalue weighted by atomic mass is 9.98. The number of hydrogen-bond acceptors (Lipinski definition) is 6. The molecule has 2 fully saturated rings. The van der Waals surface area contributed by atoms with Crippen LogP contribution in [0.1, 0.15) is 72.7 Å². The van der Waals surface area contributed by atoms with Crippen LogP contribution in [0.3, 0.4) is 0 Å². The number of rotatable bonds is 10. The first-order chi connectivity index (χ1) is 15.6. The molecule has 2 aromatic rings. The fraction of sp³-hybridized carbons (Fsp3) is 0.565. The van der Waals surface area contributed by atoms with Crippen molar-refractivity contribution in [1.82, 2.24) is 25.6 Å². The van der Waals surface area contributed by atoms with Crippen molar-refractivity contribution in [2.75, 3.05) is 19.8 Å². The molecule has 0 atom stereocenters. The van der Waals surface area contributed by atoms with Gasteiger partial charge in [0.15, 0.2) is 5.69 Å². The maximum absolute atomic E-state index is 12.3. The number of benzene rings is 1. The molecule has 1 aromatic heterocycles. The van der Waals surface area contributed by atoms with E-state index in [9.17, 15) is 9.59 Å². The fourth-order valence-corrected chi connectivity index (χ4v) is 3.79. The van der Waals surface area contributed by atoms with Gasteiger partial charge < -0.3 is 20.1 Å². The van der Waals surface area contributed by atoms with Gasteiger partial charge in [0.2, 0.25) is 0 Å². The van der Waals surface area contributed by atoms with Crippen molar-refractivity contribution in [1.29, 1.82) is 0 Å². The van der Waals surface area contributed by atoms with Gasteiger partial charge in [-0.25, -0.2) is 4.68 Å². The predicted octanol–water partition coefficient (Wildman–Crippen LogP) is 2.64. The second-order valence-electron chi connectivity index (χ2n) is 8.32. The number of nitrogens with one attached hydrogen (secondary N) is 2. The highest BCUT2D eigenvalue weighted by Gasteiger charge is 2.25. The SMILES string of the molecule is CCNC(=O)c1ccc(-n2cc(C(=O)NC3CC3)nn2)c(OCCOC2CCCCC2)c1. The smallest absolute Gasteiger partial charge is 0.273 e. The minimum absolute atomic E-state index is 0.176. The van der Waals surface area contributed by atoms with E-state index in [1.165, 1.54) is 23.9 Å². The first kappa shape index (κ1) is 22.3. The molecular formula is C23H31N5O4. The molecule has 2 amide bonds. The van der Waals surface area contributed by atoms with Crippen LogP contribution in [0.4, 0.5) is 0 Å². The summed E-state index contributed by atoms with van der Waals surface area (Å²) in [5.74, 6) is 0.0755. The number of hydrogen-bond donors (Lipinski definition) is 2. The first-order valence-electron chi connectivity index (χ1n) is 11.5. The van der Waals surface area contributed by atoms with Crippen molar-refractivity contribution in [3.05, 3.63) is 35.7 Å². The predicted molar refractivity (Wildman–Crippen MR) is 118 cm³/mol. The highest BCUT2D eigenvalue weighted by atomic mass is 16.5. The van der Waals surface area contributed by atoms with Crippen molar-refractivity contribution >= 4 is 11.8 Å². The Labute approximate surface area is 187 Å². The summed E-state index contributed by atoms with van der Waals surface area (Å²) in [5.41, 5.74) is 1.34. The molecule has 0 aliphatic heterocycles. The molecule has 0 saturated heterocycles. The Morgan fingerprint density at radius 3 is 2.66 bits per heavy atom. The van der Waals surface area contributed by atoms with Gasteiger partial charge in [-0.3, -0.25) is 9.59 Å². The number of carbonyl (C=O) groups excluding carboxylic acids is 2. The fourth-order valence-electron chi connectivity index (χ4n) is 3.79.